The number of ether oxygens (including phenoxy) is 1. The average molecular weight is 369 g/mol. The van der Waals surface area contributed by atoms with Crippen molar-refractivity contribution in [3.63, 3.8) is 0 Å². The Bertz CT molecular complexity index is 816. The molecule has 1 N–H and O–H groups in total. The van der Waals surface area contributed by atoms with Gasteiger partial charge in [0.05, 0.1) is 12.0 Å². The van der Waals surface area contributed by atoms with Crippen LogP contribution in [0.2, 0.25) is 0 Å². The zero-order valence-corrected chi connectivity index (χ0v) is 15.3. The second-order valence-corrected chi connectivity index (χ2v) is 6.61. The van der Waals surface area contributed by atoms with Crippen LogP contribution in [0.25, 0.3) is 0 Å². The number of nitro groups is 1. The average Bonchev–Trinajstić information content (AvgIpc) is 2.69. The molecule has 2 aromatic rings. The van der Waals surface area contributed by atoms with Gasteiger partial charge < -0.3 is 10.1 Å². The lowest BCUT2D eigenvalue weighted by atomic mass is 10.0. The predicted molar refractivity (Wildman–Crippen MR) is 102 cm³/mol. The molecule has 1 heterocycles. The number of benzene rings is 2. The minimum Gasteiger partial charge on any atom is -0.496 e. The van der Waals surface area contributed by atoms with E-state index in [1.165, 1.54) is 12.1 Å². The number of nitrogens with zero attached hydrogens (tertiary/aromatic N) is 2. The van der Waals surface area contributed by atoms with E-state index >= 15 is 0 Å². The zero-order chi connectivity index (χ0) is 19.2. The fourth-order valence-electron chi connectivity index (χ4n) is 3.40. The van der Waals surface area contributed by atoms with Gasteiger partial charge in [0.1, 0.15) is 11.3 Å². The van der Waals surface area contributed by atoms with E-state index in [-0.39, 0.29) is 23.2 Å². The van der Waals surface area contributed by atoms with Gasteiger partial charge in [0.15, 0.2) is 0 Å². The molecule has 0 saturated carbocycles. The first-order valence-corrected chi connectivity index (χ1v) is 8.97. The van der Waals surface area contributed by atoms with E-state index in [9.17, 15) is 14.9 Å². The number of carbonyl (C=O) groups excluding carboxylic acids is 1. The Morgan fingerprint density at radius 3 is 2.56 bits per heavy atom. The standard InChI is InChI=1S/C20H23N3O4/c1-27-19-9-5-2-6-15(19)14-22-12-10-16(11-13-22)21-20(24)17-7-3-4-8-18(17)23(25)26/h2-9,16H,10-14H2,1H3,(H,21,24). The molecule has 7 nitrogen and oxygen atoms in total. The number of likely N-dealkylation sites (tertiary alicyclic amines) is 1. The highest BCUT2D eigenvalue weighted by Crippen LogP contribution is 2.22. The van der Waals surface area contributed by atoms with Gasteiger partial charge in [-0.25, -0.2) is 0 Å². The number of nitro benzene ring substituents is 1. The number of amides is 1. The van der Waals surface area contributed by atoms with E-state index in [0.717, 1.165) is 43.8 Å². The van der Waals surface area contributed by atoms with Gasteiger partial charge in [-0.05, 0) is 25.0 Å². The molecule has 0 aliphatic carbocycles. The summed E-state index contributed by atoms with van der Waals surface area (Å²) in [4.78, 5) is 25.3. The molecule has 7 heteroatoms. The normalized spacial score (nSPS) is 15.3. The molecule has 1 aliphatic rings. The van der Waals surface area contributed by atoms with E-state index < -0.39 is 4.92 Å². The molecular formula is C20H23N3O4. The van der Waals surface area contributed by atoms with Gasteiger partial charge in [0.25, 0.3) is 11.6 Å². The van der Waals surface area contributed by atoms with Gasteiger partial charge in [0, 0.05) is 37.3 Å². The maximum absolute atomic E-state index is 12.4. The Kier molecular flexibility index (Phi) is 6.03. The smallest absolute Gasteiger partial charge is 0.282 e. The summed E-state index contributed by atoms with van der Waals surface area (Å²) in [6.07, 6.45) is 1.61. The predicted octanol–water partition coefficient (Wildman–Crippen LogP) is 3.00. The van der Waals surface area contributed by atoms with Crippen molar-refractivity contribution < 1.29 is 14.5 Å². The molecule has 1 amide bonds. The fourth-order valence-corrected chi connectivity index (χ4v) is 3.40. The van der Waals surface area contributed by atoms with Crippen LogP contribution in [0.15, 0.2) is 48.5 Å². The third-order valence-corrected chi connectivity index (χ3v) is 4.85. The maximum Gasteiger partial charge on any atom is 0.282 e. The maximum atomic E-state index is 12.4. The Hall–Kier alpha value is -2.93. The number of methoxy groups -OCH3 is 1. The van der Waals surface area contributed by atoms with Crippen molar-refractivity contribution in [1.82, 2.24) is 10.2 Å². The first-order valence-electron chi connectivity index (χ1n) is 8.97. The van der Waals surface area contributed by atoms with Crippen molar-refractivity contribution in [2.45, 2.75) is 25.4 Å². The highest BCUT2D eigenvalue weighted by Gasteiger charge is 2.25. The number of para-hydroxylation sites is 2. The lowest BCUT2D eigenvalue weighted by molar-refractivity contribution is -0.385. The largest absolute Gasteiger partial charge is 0.496 e. The molecular weight excluding hydrogens is 346 g/mol. The summed E-state index contributed by atoms with van der Waals surface area (Å²) < 4.78 is 5.40. The van der Waals surface area contributed by atoms with Crippen molar-refractivity contribution in [2.75, 3.05) is 20.2 Å². The topological polar surface area (TPSA) is 84.7 Å². The van der Waals surface area contributed by atoms with Crippen LogP contribution in [-0.4, -0.2) is 42.0 Å². The number of hydrogen-bond acceptors (Lipinski definition) is 5. The molecule has 0 atom stereocenters. The van der Waals surface area contributed by atoms with Gasteiger partial charge in [0.2, 0.25) is 0 Å². The summed E-state index contributed by atoms with van der Waals surface area (Å²) >= 11 is 0. The summed E-state index contributed by atoms with van der Waals surface area (Å²) in [5, 5.41) is 14.0. The second kappa shape index (κ2) is 8.64. The fraction of sp³-hybridized carbons (Fsp3) is 0.350. The van der Waals surface area contributed by atoms with Crippen molar-refractivity contribution in [1.29, 1.82) is 0 Å². The number of hydrogen-bond donors (Lipinski definition) is 1. The lowest BCUT2D eigenvalue weighted by Crippen LogP contribution is -2.44. The first kappa shape index (κ1) is 18.8. The van der Waals surface area contributed by atoms with E-state index in [2.05, 4.69) is 16.3 Å². The van der Waals surface area contributed by atoms with Crippen molar-refractivity contribution in [3.8, 4) is 5.75 Å². The Morgan fingerprint density at radius 1 is 1.19 bits per heavy atom. The van der Waals surface area contributed by atoms with E-state index in [1.54, 1.807) is 19.2 Å². The molecule has 1 fully saturated rings. The molecule has 3 rings (SSSR count). The van der Waals surface area contributed by atoms with E-state index in [4.69, 9.17) is 4.74 Å². The van der Waals surface area contributed by atoms with Gasteiger partial charge in [-0.3, -0.25) is 19.8 Å². The molecule has 0 unspecified atom stereocenters. The van der Waals surface area contributed by atoms with Crippen molar-refractivity contribution >= 4 is 11.6 Å². The number of rotatable bonds is 6. The van der Waals surface area contributed by atoms with Gasteiger partial charge in [-0.1, -0.05) is 30.3 Å². The summed E-state index contributed by atoms with van der Waals surface area (Å²) in [5.41, 5.74) is 1.09. The van der Waals surface area contributed by atoms with Crippen molar-refractivity contribution in [3.05, 3.63) is 69.8 Å². The minimum absolute atomic E-state index is 0.0197. The minimum atomic E-state index is -0.523. The van der Waals surface area contributed by atoms with Gasteiger partial charge in [-0.2, -0.15) is 0 Å². The molecule has 27 heavy (non-hydrogen) atoms. The lowest BCUT2D eigenvalue weighted by Gasteiger charge is -2.32. The van der Waals surface area contributed by atoms with Crippen LogP contribution in [0.1, 0.15) is 28.8 Å². The summed E-state index contributed by atoms with van der Waals surface area (Å²) in [7, 11) is 1.67. The molecule has 1 aliphatic heterocycles. The van der Waals surface area contributed by atoms with Crippen LogP contribution in [0, 0.1) is 10.1 Å². The molecule has 2 aromatic carbocycles. The molecule has 0 spiro atoms. The van der Waals surface area contributed by atoms with E-state index in [0.29, 0.717) is 0 Å². The third-order valence-electron chi connectivity index (χ3n) is 4.85. The summed E-state index contributed by atoms with van der Waals surface area (Å²) in [5.74, 6) is 0.495. The number of carbonyl (C=O) groups is 1. The van der Waals surface area contributed by atoms with Crippen LogP contribution in [0.5, 0.6) is 5.75 Å². The Morgan fingerprint density at radius 2 is 1.85 bits per heavy atom. The second-order valence-electron chi connectivity index (χ2n) is 6.61. The van der Waals surface area contributed by atoms with Crippen LogP contribution >= 0.6 is 0 Å². The number of nitrogens with one attached hydrogen (secondary N) is 1. The first-order chi connectivity index (χ1) is 13.1. The third kappa shape index (κ3) is 4.62. The molecule has 0 bridgehead atoms. The SMILES string of the molecule is COc1ccccc1CN1CCC(NC(=O)c2ccccc2[N+](=O)[O-])CC1. The molecule has 0 radical (unpaired) electrons. The van der Waals surface area contributed by atoms with Crippen LogP contribution in [0.4, 0.5) is 5.69 Å². The van der Waals surface area contributed by atoms with Gasteiger partial charge in [-0.15, -0.1) is 0 Å². The monoisotopic (exact) mass is 369 g/mol. The van der Waals surface area contributed by atoms with Gasteiger partial charge >= 0.3 is 0 Å². The number of piperidine rings is 1. The van der Waals surface area contributed by atoms with Crippen LogP contribution in [-0.2, 0) is 6.54 Å². The summed E-state index contributed by atoms with van der Waals surface area (Å²) in [6, 6.07) is 14.0. The molecule has 1 saturated heterocycles. The summed E-state index contributed by atoms with van der Waals surface area (Å²) in [6.45, 7) is 2.49. The Labute approximate surface area is 158 Å². The zero-order valence-electron chi connectivity index (χ0n) is 15.3. The Balaban J connectivity index is 1.55. The van der Waals surface area contributed by atoms with E-state index in [1.807, 2.05) is 18.2 Å². The quantitative estimate of drug-likeness (QED) is 0.625. The van der Waals surface area contributed by atoms with Crippen LogP contribution < -0.4 is 10.1 Å². The van der Waals surface area contributed by atoms with Crippen LogP contribution in [0.3, 0.4) is 0 Å². The molecule has 142 valence electrons. The van der Waals surface area contributed by atoms with Crippen molar-refractivity contribution in [2.24, 2.45) is 0 Å². The molecule has 0 aromatic heterocycles. The highest BCUT2D eigenvalue weighted by atomic mass is 16.6. The highest BCUT2D eigenvalue weighted by molar-refractivity contribution is 5.98.